The van der Waals surface area contributed by atoms with E-state index in [2.05, 4.69) is 20.7 Å². The van der Waals surface area contributed by atoms with Crippen molar-refractivity contribution in [1.29, 1.82) is 0 Å². The van der Waals surface area contributed by atoms with Gasteiger partial charge in [-0.3, -0.25) is 4.79 Å². The fourth-order valence-corrected chi connectivity index (χ4v) is 3.01. The van der Waals surface area contributed by atoms with E-state index in [4.69, 9.17) is 0 Å². The second-order valence-corrected chi connectivity index (χ2v) is 5.09. The van der Waals surface area contributed by atoms with Crippen LogP contribution in [0.2, 0.25) is 0 Å². The average molecular weight is 277 g/mol. The number of methoxy groups -OCH3 is 1. The summed E-state index contributed by atoms with van der Waals surface area (Å²) in [5.74, 6) is -0.457. The molecule has 0 unspecified atom stereocenters. The maximum atomic E-state index is 11.3. The van der Waals surface area contributed by atoms with Crippen LogP contribution in [0.5, 0.6) is 0 Å². The number of rotatable bonds is 2. The Morgan fingerprint density at radius 1 is 1.43 bits per heavy atom. The minimum absolute atomic E-state index is 0.0386. The lowest BCUT2D eigenvalue weighted by molar-refractivity contribution is 0.0599. The Bertz CT molecular complexity index is 395. The van der Waals surface area contributed by atoms with Crippen molar-refractivity contribution in [3.05, 3.63) is 19.8 Å². The van der Waals surface area contributed by atoms with Gasteiger partial charge in [-0.15, -0.1) is 11.3 Å². The third-order valence-corrected chi connectivity index (χ3v) is 3.88. The molecule has 1 aromatic heterocycles. The highest BCUT2D eigenvalue weighted by atomic mass is 79.9. The molecule has 0 aliphatic rings. The lowest BCUT2D eigenvalue weighted by Gasteiger charge is -1.98. The van der Waals surface area contributed by atoms with Gasteiger partial charge < -0.3 is 4.74 Å². The summed E-state index contributed by atoms with van der Waals surface area (Å²) in [6.07, 6.45) is 0. The van der Waals surface area contributed by atoms with Gasteiger partial charge in [0.25, 0.3) is 0 Å². The number of ketones is 1. The van der Waals surface area contributed by atoms with Gasteiger partial charge in [-0.2, -0.15) is 0 Å². The van der Waals surface area contributed by atoms with Crippen molar-refractivity contribution in [1.82, 2.24) is 0 Å². The third kappa shape index (κ3) is 1.88. The Balaban J connectivity index is 3.31. The SMILES string of the molecule is COC(=O)c1c(Br)sc(C(C)=O)c1C. The van der Waals surface area contributed by atoms with Crippen LogP contribution >= 0.6 is 27.3 Å². The van der Waals surface area contributed by atoms with Crippen LogP contribution in [0.3, 0.4) is 0 Å². The van der Waals surface area contributed by atoms with E-state index in [1.165, 1.54) is 25.4 Å². The molecule has 0 aliphatic heterocycles. The van der Waals surface area contributed by atoms with E-state index in [-0.39, 0.29) is 5.78 Å². The quantitative estimate of drug-likeness (QED) is 0.616. The molecule has 0 spiro atoms. The van der Waals surface area contributed by atoms with Gasteiger partial charge in [0.15, 0.2) is 5.78 Å². The largest absolute Gasteiger partial charge is 0.465 e. The van der Waals surface area contributed by atoms with E-state index >= 15 is 0 Å². The highest BCUT2D eigenvalue weighted by Gasteiger charge is 2.21. The highest BCUT2D eigenvalue weighted by Crippen LogP contribution is 2.33. The summed E-state index contributed by atoms with van der Waals surface area (Å²) in [4.78, 5) is 23.1. The van der Waals surface area contributed by atoms with Crippen LogP contribution < -0.4 is 0 Å². The van der Waals surface area contributed by atoms with Crippen molar-refractivity contribution in [2.24, 2.45) is 0 Å². The topological polar surface area (TPSA) is 43.4 Å². The molecule has 3 nitrogen and oxygen atoms in total. The number of esters is 1. The molecule has 0 saturated carbocycles. The number of carbonyl (C=O) groups is 2. The third-order valence-electron chi connectivity index (χ3n) is 1.81. The Labute approximate surface area is 94.2 Å². The first-order valence-corrected chi connectivity index (χ1v) is 5.48. The number of carbonyl (C=O) groups excluding carboxylic acids is 2. The van der Waals surface area contributed by atoms with Crippen molar-refractivity contribution in [2.75, 3.05) is 7.11 Å². The first-order valence-electron chi connectivity index (χ1n) is 3.87. The van der Waals surface area contributed by atoms with Gasteiger partial charge >= 0.3 is 5.97 Å². The monoisotopic (exact) mass is 276 g/mol. The summed E-state index contributed by atoms with van der Waals surface area (Å²) in [5, 5.41) is 0. The van der Waals surface area contributed by atoms with Crippen LogP contribution in [0, 0.1) is 6.92 Å². The van der Waals surface area contributed by atoms with Gasteiger partial charge in [-0.1, -0.05) is 0 Å². The molecule has 1 aromatic rings. The molecule has 0 saturated heterocycles. The minimum atomic E-state index is -0.418. The predicted octanol–water partition coefficient (Wildman–Crippen LogP) is 2.81. The van der Waals surface area contributed by atoms with E-state index < -0.39 is 5.97 Å². The first kappa shape index (κ1) is 11.4. The van der Waals surface area contributed by atoms with Crippen molar-refractivity contribution in [2.45, 2.75) is 13.8 Å². The predicted molar refractivity (Wildman–Crippen MR) is 58.1 cm³/mol. The maximum absolute atomic E-state index is 11.3. The first-order chi connectivity index (χ1) is 6.49. The molecule has 0 fully saturated rings. The molecule has 76 valence electrons. The number of hydrogen-bond donors (Lipinski definition) is 0. The Morgan fingerprint density at radius 2 is 2.00 bits per heavy atom. The molecular weight excluding hydrogens is 268 g/mol. The van der Waals surface area contributed by atoms with Gasteiger partial charge in [-0.25, -0.2) is 4.79 Å². The molecular formula is C9H9BrO3S. The van der Waals surface area contributed by atoms with Crippen LogP contribution in [0.15, 0.2) is 3.79 Å². The molecule has 0 aromatic carbocycles. The molecule has 0 radical (unpaired) electrons. The zero-order valence-electron chi connectivity index (χ0n) is 8.01. The fraction of sp³-hybridized carbons (Fsp3) is 0.333. The molecule has 14 heavy (non-hydrogen) atoms. The number of halogens is 1. The molecule has 0 aliphatic carbocycles. The molecule has 0 bridgehead atoms. The standard InChI is InChI=1S/C9H9BrO3S/c1-4-6(9(12)13-3)8(10)14-7(4)5(2)11/h1-3H3. The molecule has 0 amide bonds. The second kappa shape index (κ2) is 4.23. The van der Waals surface area contributed by atoms with E-state index in [0.717, 1.165) is 0 Å². The van der Waals surface area contributed by atoms with Gasteiger partial charge in [0, 0.05) is 0 Å². The van der Waals surface area contributed by atoms with E-state index in [1.807, 2.05) is 0 Å². The fourth-order valence-electron chi connectivity index (χ4n) is 1.15. The Kier molecular flexibility index (Phi) is 3.44. The normalized spacial score (nSPS) is 10.0. The van der Waals surface area contributed by atoms with Crippen molar-refractivity contribution in [3.8, 4) is 0 Å². The van der Waals surface area contributed by atoms with Crippen molar-refractivity contribution in [3.63, 3.8) is 0 Å². The summed E-state index contributed by atoms with van der Waals surface area (Å²) >= 11 is 4.50. The molecule has 1 heterocycles. The number of Topliss-reactive ketones (excluding diaryl/α,β-unsaturated/α-hetero) is 1. The van der Waals surface area contributed by atoms with Crippen molar-refractivity contribution >= 4 is 39.0 Å². The summed E-state index contributed by atoms with van der Waals surface area (Å²) < 4.78 is 5.26. The zero-order chi connectivity index (χ0) is 10.9. The summed E-state index contributed by atoms with van der Waals surface area (Å²) in [6, 6.07) is 0. The van der Waals surface area contributed by atoms with E-state index in [1.54, 1.807) is 6.92 Å². The Morgan fingerprint density at radius 3 is 2.36 bits per heavy atom. The van der Waals surface area contributed by atoms with E-state index in [9.17, 15) is 9.59 Å². The van der Waals surface area contributed by atoms with Crippen molar-refractivity contribution < 1.29 is 14.3 Å². The zero-order valence-corrected chi connectivity index (χ0v) is 10.4. The second-order valence-electron chi connectivity index (χ2n) is 2.75. The van der Waals surface area contributed by atoms with Gasteiger partial charge in [0.1, 0.15) is 0 Å². The molecule has 0 atom stereocenters. The maximum Gasteiger partial charge on any atom is 0.340 e. The van der Waals surface area contributed by atoms with Gasteiger partial charge in [0.05, 0.1) is 21.3 Å². The van der Waals surface area contributed by atoms with Gasteiger partial charge in [0.2, 0.25) is 0 Å². The van der Waals surface area contributed by atoms with Crippen LogP contribution in [0.4, 0.5) is 0 Å². The summed E-state index contributed by atoms with van der Waals surface area (Å²) in [7, 11) is 1.32. The van der Waals surface area contributed by atoms with Crippen LogP contribution in [0.1, 0.15) is 32.5 Å². The molecule has 5 heteroatoms. The Hall–Kier alpha value is -0.680. The number of ether oxygens (including phenoxy) is 1. The van der Waals surface area contributed by atoms with Crippen LogP contribution in [0.25, 0.3) is 0 Å². The minimum Gasteiger partial charge on any atom is -0.465 e. The molecule has 1 rings (SSSR count). The summed E-state index contributed by atoms with van der Waals surface area (Å²) in [5.41, 5.74) is 1.13. The van der Waals surface area contributed by atoms with Crippen LogP contribution in [-0.4, -0.2) is 18.9 Å². The average Bonchev–Trinajstić information content (AvgIpc) is 2.41. The highest BCUT2D eigenvalue weighted by molar-refractivity contribution is 9.11. The van der Waals surface area contributed by atoms with Gasteiger partial charge in [-0.05, 0) is 35.3 Å². The number of thiophene rings is 1. The lowest BCUT2D eigenvalue weighted by atomic mass is 10.1. The van der Waals surface area contributed by atoms with E-state index in [0.29, 0.717) is 19.8 Å². The number of hydrogen-bond acceptors (Lipinski definition) is 4. The smallest absolute Gasteiger partial charge is 0.340 e. The molecule has 0 N–H and O–H groups in total. The summed E-state index contributed by atoms with van der Waals surface area (Å²) in [6.45, 7) is 3.22. The lowest BCUT2D eigenvalue weighted by Crippen LogP contribution is -2.03. The van der Waals surface area contributed by atoms with Crippen LogP contribution in [-0.2, 0) is 4.74 Å².